The molecule has 42 valence electrons. The molecular formula is C6H9N2+. The summed E-state index contributed by atoms with van der Waals surface area (Å²) in [4.78, 5) is 0. The van der Waals surface area contributed by atoms with Gasteiger partial charge in [0.05, 0.1) is 6.20 Å². The van der Waals surface area contributed by atoms with Crippen LogP contribution in [0.1, 0.15) is 6.92 Å². The highest BCUT2D eigenvalue weighted by Gasteiger charge is 1.86. The summed E-state index contributed by atoms with van der Waals surface area (Å²) in [5, 5.41) is 2.97. The number of hydrogen-bond donors (Lipinski definition) is 1. The zero-order valence-corrected chi connectivity index (χ0v) is 4.83. The van der Waals surface area contributed by atoms with Crippen molar-refractivity contribution in [1.29, 1.82) is 0 Å². The Hall–Kier alpha value is -1.05. The van der Waals surface area contributed by atoms with E-state index in [2.05, 4.69) is 5.10 Å². The second kappa shape index (κ2) is 2.31. The lowest BCUT2D eigenvalue weighted by molar-refractivity contribution is -0.629. The van der Waals surface area contributed by atoms with Gasteiger partial charge in [0.1, 0.15) is 0 Å². The van der Waals surface area contributed by atoms with E-state index in [0.717, 1.165) is 0 Å². The third kappa shape index (κ3) is 0.964. The molecule has 0 radical (unpaired) electrons. The van der Waals surface area contributed by atoms with Crippen LogP contribution in [0.4, 0.5) is 0 Å². The highest BCUT2D eigenvalue weighted by Crippen LogP contribution is 1.70. The molecule has 0 aromatic carbocycles. The van der Waals surface area contributed by atoms with Crippen LogP contribution in [-0.2, 0) is 0 Å². The minimum absolute atomic E-state index is 1.88. The van der Waals surface area contributed by atoms with E-state index in [-0.39, 0.29) is 0 Å². The number of allylic oxidation sites excluding steroid dienone is 1. The highest BCUT2D eigenvalue weighted by molar-refractivity contribution is 5.01. The molecule has 1 rings (SSSR count). The van der Waals surface area contributed by atoms with Crippen LogP contribution in [0.25, 0.3) is 6.20 Å². The fourth-order valence-corrected chi connectivity index (χ4v) is 0.561. The quantitative estimate of drug-likeness (QED) is 0.514. The molecule has 0 aliphatic carbocycles. The molecule has 2 heteroatoms. The monoisotopic (exact) mass is 109 g/mol. The van der Waals surface area contributed by atoms with E-state index in [9.17, 15) is 0 Å². The van der Waals surface area contributed by atoms with Crippen LogP contribution in [0.3, 0.4) is 0 Å². The molecule has 0 atom stereocenters. The normalized spacial score (nSPS) is 10.6. The first kappa shape index (κ1) is 5.09. The van der Waals surface area contributed by atoms with Crippen LogP contribution >= 0.6 is 0 Å². The third-order valence-corrected chi connectivity index (χ3v) is 0.876. The summed E-state index contributed by atoms with van der Waals surface area (Å²) in [6.45, 7) is 1.98. The Morgan fingerprint density at radius 3 is 3.00 bits per heavy atom. The van der Waals surface area contributed by atoms with Crippen LogP contribution in [0.2, 0.25) is 0 Å². The van der Waals surface area contributed by atoms with Crippen molar-refractivity contribution in [2.24, 2.45) is 0 Å². The number of H-pyrrole nitrogens is 1. The Labute approximate surface area is 48.4 Å². The molecule has 1 aromatic rings. The van der Waals surface area contributed by atoms with E-state index in [0.29, 0.717) is 0 Å². The maximum atomic E-state index is 2.97. The summed E-state index contributed by atoms with van der Waals surface area (Å²) >= 11 is 0. The van der Waals surface area contributed by atoms with Crippen molar-refractivity contribution in [3.63, 3.8) is 0 Å². The molecule has 0 saturated carbocycles. The lowest BCUT2D eigenvalue weighted by Crippen LogP contribution is -2.25. The minimum Gasteiger partial charge on any atom is -0.168 e. The minimum atomic E-state index is 1.88. The topological polar surface area (TPSA) is 19.7 Å². The third-order valence-electron chi connectivity index (χ3n) is 0.876. The smallest absolute Gasteiger partial charge is 0.168 e. The molecule has 0 spiro atoms. The van der Waals surface area contributed by atoms with Crippen molar-refractivity contribution >= 4 is 6.20 Å². The van der Waals surface area contributed by atoms with Gasteiger partial charge in [0.2, 0.25) is 6.20 Å². The Balaban J connectivity index is 2.77. The summed E-state index contributed by atoms with van der Waals surface area (Å²) < 4.78 is 1.88. The van der Waals surface area contributed by atoms with Gasteiger partial charge in [0.15, 0.2) is 6.20 Å². The SMILES string of the molecule is CC=C[n+]1ccc[nH]1. The molecule has 0 aliphatic rings. The van der Waals surface area contributed by atoms with Crippen molar-refractivity contribution < 1.29 is 4.68 Å². The van der Waals surface area contributed by atoms with Crippen molar-refractivity contribution in [3.05, 3.63) is 24.5 Å². The Morgan fingerprint density at radius 1 is 1.62 bits per heavy atom. The van der Waals surface area contributed by atoms with E-state index in [1.807, 2.05) is 42.3 Å². The summed E-state index contributed by atoms with van der Waals surface area (Å²) in [6, 6.07) is 1.94. The summed E-state index contributed by atoms with van der Waals surface area (Å²) in [7, 11) is 0. The highest BCUT2D eigenvalue weighted by atomic mass is 15.2. The molecule has 2 nitrogen and oxygen atoms in total. The second-order valence-corrected chi connectivity index (χ2v) is 1.53. The molecule has 1 aromatic heterocycles. The lowest BCUT2D eigenvalue weighted by Gasteiger charge is -1.71. The van der Waals surface area contributed by atoms with Gasteiger partial charge in [-0.3, -0.25) is 0 Å². The Kier molecular flexibility index (Phi) is 1.47. The van der Waals surface area contributed by atoms with Crippen molar-refractivity contribution in [2.75, 3.05) is 0 Å². The van der Waals surface area contributed by atoms with Crippen molar-refractivity contribution in [3.8, 4) is 0 Å². The van der Waals surface area contributed by atoms with Gasteiger partial charge in [-0.05, 0) is 13.0 Å². The molecule has 0 bridgehead atoms. The van der Waals surface area contributed by atoms with Gasteiger partial charge in [-0.15, -0.1) is 0 Å². The molecule has 8 heavy (non-hydrogen) atoms. The number of rotatable bonds is 1. The number of aromatic nitrogens is 2. The summed E-state index contributed by atoms with van der Waals surface area (Å²) in [6.07, 6.45) is 7.73. The largest absolute Gasteiger partial charge is 0.201 e. The maximum absolute atomic E-state index is 2.97. The molecule has 0 unspecified atom stereocenters. The second-order valence-electron chi connectivity index (χ2n) is 1.53. The lowest BCUT2D eigenvalue weighted by atomic mass is 10.7. The van der Waals surface area contributed by atoms with E-state index in [1.54, 1.807) is 0 Å². The van der Waals surface area contributed by atoms with E-state index >= 15 is 0 Å². The summed E-state index contributed by atoms with van der Waals surface area (Å²) in [5.41, 5.74) is 0. The maximum Gasteiger partial charge on any atom is 0.201 e. The van der Waals surface area contributed by atoms with Gasteiger partial charge in [0, 0.05) is 6.07 Å². The standard InChI is InChI=1S/C6H8N2/c1-2-5-8-6-3-4-7-8/h2-6H,1H3/p+1. The van der Waals surface area contributed by atoms with Gasteiger partial charge in [-0.2, -0.15) is 5.10 Å². The first-order valence-corrected chi connectivity index (χ1v) is 2.61. The van der Waals surface area contributed by atoms with Gasteiger partial charge in [-0.25, -0.2) is 0 Å². The molecule has 1 heterocycles. The van der Waals surface area contributed by atoms with Gasteiger partial charge < -0.3 is 0 Å². The predicted octanol–water partition coefficient (Wildman–Crippen LogP) is 0.793. The van der Waals surface area contributed by atoms with E-state index in [4.69, 9.17) is 0 Å². The Morgan fingerprint density at radius 2 is 2.50 bits per heavy atom. The molecule has 0 saturated heterocycles. The number of aromatic amines is 1. The van der Waals surface area contributed by atoms with Crippen molar-refractivity contribution in [2.45, 2.75) is 6.92 Å². The van der Waals surface area contributed by atoms with Gasteiger partial charge >= 0.3 is 0 Å². The van der Waals surface area contributed by atoms with E-state index in [1.165, 1.54) is 0 Å². The molecular weight excluding hydrogens is 100 g/mol. The molecule has 0 aliphatic heterocycles. The summed E-state index contributed by atoms with van der Waals surface area (Å²) in [5.74, 6) is 0. The van der Waals surface area contributed by atoms with Gasteiger partial charge in [0.25, 0.3) is 0 Å². The van der Waals surface area contributed by atoms with Crippen LogP contribution in [0.15, 0.2) is 24.5 Å². The number of nitrogens with one attached hydrogen (secondary N) is 1. The fraction of sp³-hybridized carbons (Fsp3) is 0.167. The van der Waals surface area contributed by atoms with Crippen LogP contribution in [-0.4, -0.2) is 5.10 Å². The van der Waals surface area contributed by atoms with Crippen LogP contribution < -0.4 is 4.68 Å². The first-order valence-electron chi connectivity index (χ1n) is 2.61. The predicted molar refractivity (Wildman–Crippen MR) is 32.0 cm³/mol. The zero-order chi connectivity index (χ0) is 5.82. The Bertz CT molecular complexity index is 163. The van der Waals surface area contributed by atoms with Crippen molar-refractivity contribution in [1.82, 2.24) is 5.10 Å². The number of nitrogens with zero attached hydrogens (tertiary/aromatic N) is 1. The first-order chi connectivity index (χ1) is 3.93. The van der Waals surface area contributed by atoms with Crippen LogP contribution in [0, 0.1) is 0 Å². The molecule has 0 fully saturated rings. The average molecular weight is 109 g/mol. The van der Waals surface area contributed by atoms with Gasteiger partial charge in [-0.1, -0.05) is 4.68 Å². The molecule has 0 amide bonds. The fourth-order valence-electron chi connectivity index (χ4n) is 0.561. The average Bonchev–Trinajstić information content (AvgIpc) is 2.19. The van der Waals surface area contributed by atoms with Crippen LogP contribution in [0.5, 0.6) is 0 Å². The number of hydrogen-bond acceptors (Lipinski definition) is 0. The molecule has 1 N–H and O–H groups in total. The zero-order valence-electron chi connectivity index (χ0n) is 4.83. The van der Waals surface area contributed by atoms with E-state index < -0.39 is 0 Å².